The molecular formula is C17H20N2O. The van der Waals surface area contributed by atoms with Gasteiger partial charge in [-0.25, -0.2) is 0 Å². The Balaban J connectivity index is 2.16. The summed E-state index contributed by atoms with van der Waals surface area (Å²) in [6.07, 6.45) is 1.42. The highest BCUT2D eigenvalue weighted by atomic mass is 16.2. The number of carbonyl (C=O) groups is 1. The fraction of sp³-hybridized carbons (Fsp3) is 0.235. The first-order valence-corrected chi connectivity index (χ1v) is 6.89. The van der Waals surface area contributed by atoms with E-state index in [-0.39, 0.29) is 5.91 Å². The second-order valence-electron chi connectivity index (χ2n) is 4.82. The molecule has 0 aliphatic rings. The van der Waals surface area contributed by atoms with Crippen LogP contribution in [0.5, 0.6) is 0 Å². The molecule has 1 atom stereocenters. The van der Waals surface area contributed by atoms with E-state index in [1.54, 1.807) is 0 Å². The van der Waals surface area contributed by atoms with Crippen molar-refractivity contribution >= 4 is 11.6 Å². The van der Waals surface area contributed by atoms with Gasteiger partial charge in [0, 0.05) is 5.69 Å². The van der Waals surface area contributed by atoms with Crippen LogP contribution in [0.15, 0.2) is 54.6 Å². The first kappa shape index (κ1) is 14.3. The van der Waals surface area contributed by atoms with Crippen LogP contribution in [-0.4, -0.2) is 11.9 Å². The molecule has 3 nitrogen and oxygen atoms in total. The minimum atomic E-state index is -0.459. The van der Waals surface area contributed by atoms with Crippen molar-refractivity contribution in [3.05, 3.63) is 65.7 Å². The molecule has 0 aromatic heterocycles. The lowest BCUT2D eigenvalue weighted by atomic mass is 10.0. The summed E-state index contributed by atoms with van der Waals surface area (Å²) in [5.41, 5.74) is 8.90. The highest BCUT2D eigenvalue weighted by molar-refractivity contribution is 5.95. The van der Waals surface area contributed by atoms with Gasteiger partial charge in [-0.15, -0.1) is 0 Å². The van der Waals surface area contributed by atoms with E-state index in [2.05, 4.69) is 17.4 Å². The van der Waals surface area contributed by atoms with Crippen molar-refractivity contribution in [2.24, 2.45) is 5.73 Å². The van der Waals surface area contributed by atoms with Crippen LogP contribution in [0.2, 0.25) is 0 Å². The second-order valence-corrected chi connectivity index (χ2v) is 4.82. The SMILES string of the molecule is CC[C@@H](N)C(=O)Nc1ccccc1Cc1ccccc1. The largest absolute Gasteiger partial charge is 0.324 e. The van der Waals surface area contributed by atoms with Crippen molar-refractivity contribution in [1.29, 1.82) is 0 Å². The third kappa shape index (κ3) is 3.68. The van der Waals surface area contributed by atoms with E-state index in [1.807, 2.05) is 49.4 Å². The average Bonchev–Trinajstić information content (AvgIpc) is 2.49. The van der Waals surface area contributed by atoms with Gasteiger partial charge < -0.3 is 11.1 Å². The maximum atomic E-state index is 11.9. The molecule has 0 radical (unpaired) electrons. The van der Waals surface area contributed by atoms with Gasteiger partial charge in [0.2, 0.25) is 5.91 Å². The Hall–Kier alpha value is -2.13. The number of amides is 1. The molecule has 2 rings (SSSR count). The number of nitrogens with two attached hydrogens (primary N) is 1. The Morgan fingerprint density at radius 3 is 2.45 bits per heavy atom. The normalized spacial score (nSPS) is 11.9. The quantitative estimate of drug-likeness (QED) is 0.876. The van der Waals surface area contributed by atoms with E-state index >= 15 is 0 Å². The van der Waals surface area contributed by atoms with Crippen molar-refractivity contribution in [3.8, 4) is 0 Å². The smallest absolute Gasteiger partial charge is 0.241 e. The molecular weight excluding hydrogens is 248 g/mol. The van der Waals surface area contributed by atoms with Crippen LogP contribution in [-0.2, 0) is 11.2 Å². The molecule has 3 heteroatoms. The number of rotatable bonds is 5. The van der Waals surface area contributed by atoms with Crippen LogP contribution in [0.25, 0.3) is 0 Å². The molecule has 2 aromatic rings. The third-order valence-corrected chi connectivity index (χ3v) is 3.29. The van der Waals surface area contributed by atoms with Crippen molar-refractivity contribution in [1.82, 2.24) is 0 Å². The summed E-state index contributed by atoms with van der Waals surface area (Å²) in [6.45, 7) is 1.90. The predicted molar refractivity (Wildman–Crippen MR) is 82.6 cm³/mol. The zero-order valence-corrected chi connectivity index (χ0v) is 11.7. The summed E-state index contributed by atoms with van der Waals surface area (Å²) >= 11 is 0. The molecule has 1 amide bonds. The maximum absolute atomic E-state index is 11.9. The number of benzene rings is 2. The zero-order chi connectivity index (χ0) is 14.4. The molecule has 0 saturated heterocycles. The van der Waals surface area contributed by atoms with Crippen LogP contribution in [0.1, 0.15) is 24.5 Å². The fourth-order valence-corrected chi connectivity index (χ4v) is 2.02. The van der Waals surface area contributed by atoms with Gasteiger partial charge in [0.1, 0.15) is 0 Å². The van der Waals surface area contributed by atoms with Gasteiger partial charge in [-0.05, 0) is 30.0 Å². The molecule has 0 spiro atoms. The van der Waals surface area contributed by atoms with E-state index in [4.69, 9.17) is 5.73 Å². The predicted octanol–water partition coefficient (Wildman–Crippen LogP) is 2.95. The van der Waals surface area contributed by atoms with Crippen LogP contribution in [0.3, 0.4) is 0 Å². The molecule has 2 aromatic carbocycles. The Labute approximate surface area is 119 Å². The summed E-state index contributed by atoms with van der Waals surface area (Å²) in [4.78, 5) is 11.9. The topological polar surface area (TPSA) is 55.1 Å². The van der Waals surface area contributed by atoms with E-state index in [0.717, 1.165) is 17.7 Å². The van der Waals surface area contributed by atoms with Gasteiger partial charge in [0.15, 0.2) is 0 Å². The van der Waals surface area contributed by atoms with Gasteiger partial charge in [-0.1, -0.05) is 55.5 Å². The zero-order valence-electron chi connectivity index (χ0n) is 11.7. The molecule has 0 fully saturated rings. The first-order valence-electron chi connectivity index (χ1n) is 6.89. The third-order valence-electron chi connectivity index (χ3n) is 3.29. The summed E-state index contributed by atoms with van der Waals surface area (Å²) in [5, 5.41) is 2.92. The van der Waals surface area contributed by atoms with Crippen molar-refractivity contribution in [3.63, 3.8) is 0 Å². The highest BCUT2D eigenvalue weighted by Crippen LogP contribution is 2.19. The number of para-hydroxylation sites is 1. The van der Waals surface area contributed by atoms with Gasteiger partial charge in [0.05, 0.1) is 6.04 Å². The van der Waals surface area contributed by atoms with E-state index < -0.39 is 6.04 Å². The molecule has 3 N–H and O–H groups in total. The van der Waals surface area contributed by atoms with E-state index in [0.29, 0.717) is 6.42 Å². The molecule has 0 unspecified atom stereocenters. The van der Waals surface area contributed by atoms with Crippen LogP contribution in [0.4, 0.5) is 5.69 Å². The number of hydrogen-bond acceptors (Lipinski definition) is 2. The minimum absolute atomic E-state index is 0.131. The van der Waals surface area contributed by atoms with Gasteiger partial charge in [0.25, 0.3) is 0 Å². The Bertz CT molecular complexity index is 566. The summed E-state index contributed by atoms with van der Waals surface area (Å²) in [6, 6.07) is 17.6. The molecule has 0 bridgehead atoms. The average molecular weight is 268 g/mol. The van der Waals surface area contributed by atoms with Crippen molar-refractivity contribution < 1.29 is 4.79 Å². The van der Waals surface area contributed by atoms with Gasteiger partial charge in [-0.2, -0.15) is 0 Å². The second kappa shape index (κ2) is 6.87. The number of carbonyl (C=O) groups excluding carboxylic acids is 1. The van der Waals surface area contributed by atoms with Gasteiger partial charge in [-0.3, -0.25) is 4.79 Å². The lowest BCUT2D eigenvalue weighted by Crippen LogP contribution is -2.35. The van der Waals surface area contributed by atoms with Gasteiger partial charge >= 0.3 is 0 Å². The number of nitrogens with one attached hydrogen (secondary N) is 1. The molecule has 20 heavy (non-hydrogen) atoms. The monoisotopic (exact) mass is 268 g/mol. The lowest BCUT2D eigenvalue weighted by Gasteiger charge is -2.14. The molecule has 0 aliphatic heterocycles. The van der Waals surface area contributed by atoms with E-state index in [9.17, 15) is 4.79 Å². The molecule has 0 heterocycles. The van der Waals surface area contributed by atoms with Crippen LogP contribution in [0, 0.1) is 0 Å². The Morgan fingerprint density at radius 1 is 1.10 bits per heavy atom. The maximum Gasteiger partial charge on any atom is 0.241 e. The molecule has 104 valence electrons. The van der Waals surface area contributed by atoms with E-state index in [1.165, 1.54) is 5.56 Å². The number of hydrogen-bond donors (Lipinski definition) is 2. The fourth-order valence-electron chi connectivity index (χ4n) is 2.02. The molecule has 0 saturated carbocycles. The first-order chi connectivity index (χ1) is 9.70. The molecule has 0 aliphatic carbocycles. The summed E-state index contributed by atoms with van der Waals surface area (Å²) in [7, 11) is 0. The standard InChI is InChI=1S/C17H20N2O/c1-2-15(18)17(20)19-16-11-7-6-10-14(16)12-13-8-4-3-5-9-13/h3-11,15H,2,12,18H2,1H3,(H,19,20)/t15-/m1/s1. The highest BCUT2D eigenvalue weighted by Gasteiger charge is 2.12. The lowest BCUT2D eigenvalue weighted by molar-refractivity contribution is -0.117. The summed E-state index contributed by atoms with van der Waals surface area (Å²) < 4.78 is 0. The minimum Gasteiger partial charge on any atom is -0.324 e. The van der Waals surface area contributed by atoms with Crippen LogP contribution < -0.4 is 11.1 Å². The number of anilines is 1. The van der Waals surface area contributed by atoms with Crippen molar-refractivity contribution in [2.75, 3.05) is 5.32 Å². The van der Waals surface area contributed by atoms with Crippen molar-refractivity contribution in [2.45, 2.75) is 25.8 Å². The Kier molecular flexibility index (Phi) is 4.91. The Morgan fingerprint density at radius 2 is 1.75 bits per heavy atom. The summed E-state index contributed by atoms with van der Waals surface area (Å²) in [5.74, 6) is -0.131. The van der Waals surface area contributed by atoms with Crippen LogP contribution >= 0.6 is 0 Å².